The maximum Gasteiger partial charge on any atom is 0.0710 e. The number of aryl methyl sites for hydroxylation is 2. The monoisotopic (exact) mass is 290 g/mol. The first kappa shape index (κ1) is 12.7. The standard InChI is InChI=1S/C20H22N2/c1-2-5-14(6-3-1)15-9-10-19-17(13-15)16-7-4-8-18-20(16)22(19)12-11-21-18/h9-14H,1-8H2. The van der Waals surface area contributed by atoms with Crippen molar-refractivity contribution in [2.45, 2.75) is 57.3 Å². The lowest BCUT2D eigenvalue weighted by Gasteiger charge is -2.22. The van der Waals surface area contributed by atoms with Gasteiger partial charge in [0.05, 0.1) is 16.7 Å². The van der Waals surface area contributed by atoms with Gasteiger partial charge in [-0.05, 0) is 61.3 Å². The van der Waals surface area contributed by atoms with Crippen molar-refractivity contribution < 1.29 is 0 Å². The molecule has 112 valence electrons. The van der Waals surface area contributed by atoms with Gasteiger partial charge in [-0.2, -0.15) is 0 Å². The molecule has 0 amide bonds. The van der Waals surface area contributed by atoms with Gasteiger partial charge >= 0.3 is 0 Å². The van der Waals surface area contributed by atoms with Gasteiger partial charge in [0.1, 0.15) is 0 Å². The van der Waals surface area contributed by atoms with E-state index in [1.807, 2.05) is 6.20 Å². The van der Waals surface area contributed by atoms with Crippen LogP contribution in [0.5, 0.6) is 0 Å². The number of benzene rings is 1. The molecule has 0 atom stereocenters. The van der Waals surface area contributed by atoms with Crippen LogP contribution < -0.4 is 0 Å². The van der Waals surface area contributed by atoms with Gasteiger partial charge in [0.25, 0.3) is 0 Å². The second-order valence-corrected chi connectivity index (χ2v) is 7.04. The number of hydrogen-bond acceptors (Lipinski definition) is 1. The molecule has 0 radical (unpaired) electrons. The lowest BCUT2D eigenvalue weighted by atomic mass is 9.83. The van der Waals surface area contributed by atoms with E-state index >= 15 is 0 Å². The zero-order valence-corrected chi connectivity index (χ0v) is 13.0. The van der Waals surface area contributed by atoms with Gasteiger partial charge < -0.3 is 4.40 Å². The summed E-state index contributed by atoms with van der Waals surface area (Å²) in [6.07, 6.45) is 14.7. The highest BCUT2D eigenvalue weighted by Crippen LogP contribution is 2.37. The Morgan fingerprint density at radius 1 is 1.00 bits per heavy atom. The summed E-state index contributed by atoms with van der Waals surface area (Å²) in [6, 6.07) is 7.24. The van der Waals surface area contributed by atoms with Crippen molar-refractivity contribution in [3.63, 3.8) is 0 Å². The molecule has 22 heavy (non-hydrogen) atoms. The van der Waals surface area contributed by atoms with Gasteiger partial charge in [-0.3, -0.25) is 4.98 Å². The maximum absolute atomic E-state index is 4.62. The van der Waals surface area contributed by atoms with Crippen molar-refractivity contribution >= 4 is 16.4 Å². The van der Waals surface area contributed by atoms with Crippen LogP contribution in [0.4, 0.5) is 0 Å². The predicted molar refractivity (Wildman–Crippen MR) is 90.5 cm³/mol. The molecule has 3 aromatic rings. The van der Waals surface area contributed by atoms with Crippen LogP contribution in [-0.2, 0) is 12.8 Å². The summed E-state index contributed by atoms with van der Waals surface area (Å²) in [5, 5.41) is 1.48. The molecule has 1 saturated carbocycles. The van der Waals surface area contributed by atoms with Crippen LogP contribution in [0.2, 0.25) is 0 Å². The summed E-state index contributed by atoms with van der Waals surface area (Å²) in [6.45, 7) is 0. The topological polar surface area (TPSA) is 17.3 Å². The quantitative estimate of drug-likeness (QED) is 0.615. The van der Waals surface area contributed by atoms with Crippen molar-refractivity contribution in [2.24, 2.45) is 0 Å². The molecule has 0 N–H and O–H groups in total. The van der Waals surface area contributed by atoms with Gasteiger partial charge in [-0.15, -0.1) is 0 Å². The molecular formula is C20H22N2. The maximum atomic E-state index is 4.62. The Bertz CT molecular complexity index is 853. The zero-order chi connectivity index (χ0) is 14.5. The lowest BCUT2D eigenvalue weighted by molar-refractivity contribution is 0.444. The number of fused-ring (bicyclic) bond motifs is 3. The van der Waals surface area contributed by atoms with E-state index in [0.717, 1.165) is 12.3 Å². The van der Waals surface area contributed by atoms with Crippen LogP contribution in [0.15, 0.2) is 30.6 Å². The zero-order valence-electron chi connectivity index (χ0n) is 13.0. The highest BCUT2D eigenvalue weighted by atomic mass is 14.9. The minimum Gasteiger partial charge on any atom is -0.313 e. The van der Waals surface area contributed by atoms with Crippen molar-refractivity contribution in [1.82, 2.24) is 9.38 Å². The summed E-state index contributed by atoms with van der Waals surface area (Å²) in [5.41, 5.74) is 7.17. The van der Waals surface area contributed by atoms with E-state index in [4.69, 9.17) is 0 Å². The molecule has 2 aliphatic carbocycles. The fraction of sp³-hybridized carbons (Fsp3) is 0.450. The first-order chi connectivity index (χ1) is 10.9. The molecule has 0 aliphatic heterocycles. The van der Waals surface area contributed by atoms with E-state index in [1.165, 1.54) is 67.1 Å². The fourth-order valence-electron chi connectivity index (χ4n) is 4.68. The summed E-state index contributed by atoms with van der Waals surface area (Å²) in [4.78, 5) is 4.62. The molecule has 2 heterocycles. The van der Waals surface area contributed by atoms with Crippen molar-refractivity contribution in [3.05, 3.63) is 47.4 Å². The van der Waals surface area contributed by atoms with E-state index in [9.17, 15) is 0 Å². The minimum atomic E-state index is 0.787. The third-order valence-electron chi connectivity index (χ3n) is 5.77. The smallest absolute Gasteiger partial charge is 0.0710 e. The molecule has 2 aromatic heterocycles. The van der Waals surface area contributed by atoms with E-state index in [-0.39, 0.29) is 0 Å². The fourth-order valence-corrected chi connectivity index (χ4v) is 4.68. The van der Waals surface area contributed by atoms with Crippen molar-refractivity contribution in [3.8, 4) is 0 Å². The number of aromatic nitrogens is 2. The van der Waals surface area contributed by atoms with Crippen molar-refractivity contribution in [2.75, 3.05) is 0 Å². The average molecular weight is 290 g/mol. The first-order valence-corrected chi connectivity index (χ1v) is 8.82. The Hall–Kier alpha value is -1.83. The molecule has 0 unspecified atom stereocenters. The van der Waals surface area contributed by atoms with Gasteiger partial charge in [-0.25, -0.2) is 0 Å². The second-order valence-electron chi connectivity index (χ2n) is 7.04. The summed E-state index contributed by atoms with van der Waals surface area (Å²) >= 11 is 0. The molecule has 0 spiro atoms. The molecule has 0 bridgehead atoms. The Morgan fingerprint density at radius 2 is 1.91 bits per heavy atom. The summed E-state index contributed by atoms with van der Waals surface area (Å²) < 4.78 is 2.37. The van der Waals surface area contributed by atoms with Crippen LogP contribution in [0.3, 0.4) is 0 Å². The largest absolute Gasteiger partial charge is 0.313 e. The molecule has 0 saturated heterocycles. The Labute approximate surface area is 131 Å². The molecule has 5 rings (SSSR count). The predicted octanol–water partition coefficient (Wildman–Crippen LogP) is 5.02. The molecule has 2 nitrogen and oxygen atoms in total. The second kappa shape index (κ2) is 4.84. The van der Waals surface area contributed by atoms with Crippen LogP contribution in [0, 0.1) is 0 Å². The van der Waals surface area contributed by atoms with Gasteiger partial charge in [0, 0.05) is 17.8 Å². The number of hydrogen-bond donors (Lipinski definition) is 0. The van der Waals surface area contributed by atoms with E-state index < -0.39 is 0 Å². The molecule has 2 heteroatoms. The van der Waals surface area contributed by atoms with Gasteiger partial charge in [0.2, 0.25) is 0 Å². The number of rotatable bonds is 1. The van der Waals surface area contributed by atoms with Crippen LogP contribution in [0.1, 0.15) is 61.3 Å². The van der Waals surface area contributed by atoms with Gasteiger partial charge in [-0.1, -0.05) is 25.3 Å². The molecule has 1 fully saturated rings. The lowest BCUT2D eigenvalue weighted by Crippen LogP contribution is -2.04. The molecule has 2 aliphatic rings. The highest BCUT2D eigenvalue weighted by Gasteiger charge is 2.21. The average Bonchev–Trinajstić information content (AvgIpc) is 2.92. The van der Waals surface area contributed by atoms with Gasteiger partial charge in [0.15, 0.2) is 0 Å². The highest BCUT2D eigenvalue weighted by molar-refractivity contribution is 5.94. The Morgan fingerprint density at radius 3 is 2.82 bits per heavy atom. The third kappa shape index (κ3) is 1.76. The van der Waals surface area contributed by atoms with Crippen LogP contribution >= 0.6 is 0 Å². The Balaban J connectivity index is 1.75. The molecular weight excluding hydrogens is 268 g/mol. The molecule has 1 aromatic carbocycles. The van der Waals surface area contributed by atoms with E-state index in [0.29, 0.717) is 0 Å². The normalized spacial score (nSPS) is 19.1. The van der Waals surface area contributed by atoms with E-state index in [1.54, 1.807) is 11.1 Å². The van der Waals surface area contributed by atoms with Crippen LogP contribution in [-0.4, -0.2) is 9.38 Å². The summed E-state index contributed by atoms with van der Waals surface area (Å²) in [5.74, 6) is 0.787. The summed E-state index contributed by atoms with van der Waals surface area (Å²) in [7, 11) is 0. The number of nitrogens with zero attached hydrogens (tertiary/aromatic N) is 2. The van der Waals surface area contributed by atoms with E-state index in [2.05, 4.69) is 33.8 Å². The Kier molecular flexibility index (Phi) is 2.79. The first-order valence-electron chi connectivity index (χ1n) is 8.82. The minimum absolute atomic E-state index is 0.787. The van der Waals surface area contributed by atoms with Crippen LogP contribution in [0.25, 0.3) is 16.4 Å². The SMILES string of the molecule is c1cn2c3c(n1)CCCc3c1cc(C3CCCCC3)ccc12. The van der Waals surface area contributed by atoms with Crippen molar-refractivity contribution in [1.29, 1.82) is 0 Å². The third-order valence-corrected chi connectivity index (χ3v) is 5.77.